The molecule has 7 heteroatoms. The highest BCUT2D eigenvalue weighted by molar-refractivity contribution is 7.99. The fourth-order valence-electron chi connectivity index (χ4n) is 2.20. The van der Waals surface area contributed by atoms with E-state index in [1.54, 1.807) is 0 Å². The molecule has 0 aliphatic carbocycles. The van der Waals surface area contributed by atoms with Crippen LogP contribution in [0, 0.1) is 17.2 Å². The van der Waals surface area contributed by atoms with E-state index in [0.717, 1.165) is 16.8 Å². The third kappa shape index (κ3) is 3.52. The van der Waals surface area contributed by atoms with Gasteiger partial charge in [0, 0.05) is 17.5 Å². The molecular weight excluding hydrogens is 306 g/mol. The van der Waals surface area contributed by atoms with E-state index in [4.69, 9.17) is 5.53 Å². The van der Waals surface area contributed by atoms with Crippen LogP contribution in [-0.2, 0) is 13.1 Å². The van der Waals surface area contributed by atoms with Crippen LogP contribution in [0.4, 0.5) is 8.78 Å². The monoisotopic (exact) mass is 324 g/mol. The van der Waals surface area contributed by atoms with Crippen LogP contribution in [0.15, 0.2) is 33.2 Å². The van der Waals surface area contributed by atoms with Crippen LogP contribution in [0.25, 0.3) is 0 Å². The van der Waals surface area contributed by atoms with E-state index in [9.17, 15) is 8.78 Å². The van der Waals surface area contributed by atoms with Crippen molar-refractivity contribution in [3.8, 4) is 0 Å². The van der Waals surface area contributed by atoms with E-state index in [1.165, 1.54) is 23.9 Å². The maximum absolute atomic E-state index is 13.4. The number of hydrogen-bond acceptors (Lipinski definition) is 4. The van der Waals surface area contributed by atoms with Crippen molar-refractivity contribution < 1.29 is 8.78 Å². The quantitative estimate of drug-likeness (QED) is 0.761. The highest BCUT2D eigenvalue weighted by atomic mass is 32.2. The summed E-state index contributed by atoms with van der Waals surface area (Å²) in [6, 6.07) is 3.47. The maximum atomic E-state index is 13.4. The zero-order chi connectivity index (χ0) is 16.3. The molecule has 0 saturated carbocycles. The number of nitrogens with one attached hydrogen (secondary N) is 1. The molecule has 2 rings (SSSR count). The average molecular weight is 324 g/mol. The Hall–Kier alpha value is -1.76. The minimum atomic E-state index is -0.599. The van der Waals surface area contributed by atoms with Crippen LogP contribution in [0.3, 0.4) is 0 Å². The second-order valence-corrected chi connectivity index (χ2v) is 6.20. The van der Waals surface area contributed by atoms with Gasteiger partial charge in [0.05, 0.1) is 5.69 Å². The molecule has 0 spiro atoms. The third-order valence-electron chi connectivity index (χ3n) is 3.16. The summed E-state index contributed by atoms with van der Waals surface area (Å²) in [6.07, 6.45) is 0. The third-order valence-corrected chi connectivity index (χ3v) is 4.25. The number of benzene rings is 1. The molecule has 2 aromatic rings. The fourth-order valence-corrected chi connectivity index (χ4v) is 3.50. The van der Waals surface area contributed by atoms with Gasteiger partial charge in [0.15, 0.2) is 0 Å². The minimum absolute atomic E-state index is 0.165. The Morgan fingerprint density at radius 2 is 1.91 bits per heavy atom. The molecule has 0 amide bonds. The van der Waals surface area contributed by atoms with Crippen molar-refractivity contribution in [1.82, 2.24) is 9.55 Å². The van der Waals surface area contributed by atoms with Gasteiger partial charge in [-0.15, -0.1) is 0 Å². The first-order valence-corrected chi connectivity index (χ1v) is 7.84. The second-order valence-electron chi connectivity index (χ2n) is 5.14. The summed E-state index contributed by atoms with van der Waals surface area (Å²) in [5.41, 5.74) is 7.90. The zero-order valence-corrected chi connectivity index (χ0v) is 13.5. The van der Waals surface area contributed by atoms with Crippen LogP contribution < -0.4 is 0 Å². The summed E-state index contributed by atoms with van der Waals surface area (Å²) >= 11 is 1.29. The van der Waals surface area contributed by atoms with Crippen molar-refractivity contribution in [1.29, 1.82) is 5.53 Å². The molecule has 22 heavy (non-hydrogen) atoms. The first-order valence-electron chi connectivity index (χ1n) is 7.02. The molecule has 1 aromatic carbocycles. The Labute approximate surface area is 132 Å². The molecule has 1 N–H and O–H groups in total. The second kappa shape index (κ2) is 7.00. The Balaban J connectivity index is 2.49. The lowest BCUT2D eigenvalue weighted by atomic mass is 10.1. The van der Waals surface area contributed by atoms with Gasteiger partial charge in [0.1, 0.15) is 29.0 Å². The Morgan fingerprint density at radius 1 is 1.27 bits per heavy atom. The topological polar surface area (TPSA) is 54.0 Å². The van der Waals surface area contributed by atoms with Crippen LogP contribution in [0.2, 0.25) is 0 Å². The predicted octanol–water partition coefficient (Wildman–Crippen LogP) is 4.99. The molecule has 0 aliphatic heterocycles. The van der Waals surface area contributed by atoms with Crippen molar-refractivity contribution in [2.75, 3.05) is 0 Å². The number of aromatic nitrogens is 2. The normalized spacial score (nSPS) is 11.2. The summed E-state index contributed by atoms with van der Waals surface area (Å²) in [6.45, 7) is 6.85. The lowest BCUT2D eigenvalue weighted by Gasteiger charge is -2.11. The van der Waals surface area contributed by atoms with Gasteiger partial charge in [-0.1, -0.05) is 25.6 Å². The number of halogens is 2. The van der Waals surface area contributed by atoms with E-state index in [-0.39, 0.29) is 12.5 Å². The zero-order valence-electron chi connectivity index (χ0n) is 12.7. The molecular formula is C15H18F2N4S. The van der Waals surface area contributed by atoms with E-state index >= 15 is 0 Å². The van der Waals surface area contributed by atoms with Crippen molar-refractivity contribution in [3.05, 3.63) is 41.4 Å². The molecule has 1 aromatic heterocycles. The number of rotatable bonds is 6. The standard InChI is InChI=1S/C15H18F2N4S/c1-4-21-13(8-19-18)20-14(9(2)3)15(21)22-12-6-10(16)5-11(17)7-12/h5-7,9,18H,4,8H2,1-3H3. The van der Waals surface area contributed by atoms with Gasteiger partial charge in [0.2, 0.25) is 0 Å². The van der Waals surface area contributed by atoms with E-state index in [1.807, 2.05) is 25.3 Å². The Kier molecular flexibility index (Phi) is 5.28. The molecule has 4 nitrogen and oxygen atoms in total. The van der Waals surface area contributed by atoms with Gasteiger partial charge in [-0.3, -0.25) is 0 Å². The van der Waals surface area contributed by atoms with Crippen molar-refractivity contribution >= 4 is 11.8 Å². The minimum Gasteiger partial charge on any atom is -0.321 e. The van der Waals surface area contributed by atoms with Gasteiger partial charge < -0.3 is 4.57 Å². The van der Waals surface area contributed by atoms with Crippen molar-refractivity contribution in [3.63, 3.8) is 0 Å². The van der Waals surface area contributed by atoms with Gasteiger partial charge >= 0.3 is 0 Å². The van der Waals surface area contributed by atoms with Crippen molar-refractivity contribution in [2.45, 2.75) is 49.7 Å². The first-order chi connectivity index (χ1) is 10.5. The average Bonchev–Trinajstić information content (AvgIpc) is 2.76. The van der Waals surface area contributed by atoms with Gasteiger partial charge in [-0.2, -0.15) is 5.11 Å². The molecule has 0 unspecified atom stereocenters. The lowest BCUT2D eigenvalue weighted by molar-refractivity contribution is 0.577. The predicted molar refractivity (Wildman–Crippen MR) is 81.3 cm³/mol. The number of nitrogens with zero attached hydrogens (tertiary/aromatic N) is 3. The highest BCUT2D eigenvalue weighted by Gasteiger charge is 2.20. The first kappa shape index (κ1) is 16.6. The summed E-state index contributed by atoms with van der Waals surface area (Å²) in [5, 5.41) is 4.25. The van der Waals surface area contributed by atoms with Crippen LogP contribution >= 0.6 is 11.8 Å². The molecule has 118 valence electrons. The highest BCUT2D eigenvalue weighted by Crippen LogP contribution is 2.35. The molecule has 0 fully saturated rings. The van der Waals surface area contributed by atoms with Crippen LogP contribution in [0.5, 0.6) is 0 Å². The number of imidazole rings is 1. The molecule has 0 radical (unpaired) electrons. The van der Waals surface area contributed by atoms with Gasteiger partial charge in [0.25, 0.3) is 0 Å². The molecule has 0 saturated heterocycles. The van der Waals surface area contributed by atoms with E-state index in [0.29, 0.717) is 17.3 Å². The lowest BCUT2D eigenvalue weighted by Crippen LogP contribution is -2.02. The Morgan fingerprint density at radius 3 is 2.41 bits per heavy atom. The summed E-state index contributed by atoms with van der Waals surface area (Å²) < 4.78 is 28.7. The SMILES string of the molecule is CCn1c(CN=N)nc(C(C)C)c1Sc1cc(F)cc(F)c1. The summed E-state index contributed by atoms with van der Waals surface area (Å²) in [5.74, 6) is -0.339. The summed E-state index contributed by atoms with van der Waals surface area (Å²) in [7, 11) is 0. The fraction of sp³-hybridized carbons (Fsp3) is 0.400. The van der Waals surface area contributed by atoms with Crippen LogP contribution in [0.1, 0.15) is 38.2 Å². The summed E-state index contributed by atoms with van der Waals surface area (Å²) in [4.78, 5) is 5.04. The molecule has 0 aliphatic rings. The van der Waals surface area contributed by atoms with Crippen LogP contribution in [-0.4, -0.2) is 9.55 Å². The molecule has 0 bridgehead atoms. The van der Waals surface area contributed by atoms with E-state index < -0.39 is 11.6 Å². The van der Waals surface area contributed by atoms with Crippen molar-refractivity contribution in [2.24, 2.45) is 5.11 Å². The Bertz CT molecular complexity index is 662. The largest absolute Gasteiger partial charge is 0.321 e. The van der Waals surface area contributed by atoms with Gasteiger partial charge in [-0.25, -0.2) is 19.3 Å². The van der Waals surface area contributed by atoms with Gasteiger partial charge in [-0.05, 0) is 25.0 Å². The smallest absolute Gasteiger partial charge is 0.133 e. The molecule has 0 atom stereocenters. The molecule has 1 heterocycles. The maximum Gasteiger partial charge on any atom is 0.133 e. The van der Waals surface area contributed by atoms with E-state index in [2.05, 4.69) is 10.1 Å². The number of hydrogen-bond donors (Lipinski definition) is 1.